The molecule has 0 saturated heterocycles. The monoisotopic (exact) mass is 338 g/mol. The Morgan fingerprint density at radius 3 is 2.09 bits per heavy atom. The van der Waals surface area contributed by atoms with Crippen LogP contribution in [0.15, 0.2) is 30.3 Å². The minimum Gasteiger partial charge on any atom is -0.506 e. The van der Waals surface area contributed by atoms with E-state index >= 15 is 0 Å². The molecule has 0 fully saturated rings. The van der Waals surface area contributed by atoms with Crippen LogP contribution in [-0.2, 0) is 0 Å². The number of rotatable bonds is 2. The van der Waals surface area contributed by atoms with Crippen molar-refractivity contribution in [3.8, 4) is 23.0 Å². The van der Waals surface area contributed by atoms with Gasteiger partial charge in [0, 0.05) is 11.6 Å². The second-order valence-corrected chi connectivity index (χ2v) is 4.89. The molecule has 0 saturated carbocycles. The van der Waals surface area contributed by atoms with Crippen LogP contribution < -0.4 is 10.6 Å². The third kappa shape index (κ3) is 3.09. The average Bonchev–Trinajstić information content (AvgIpc) is 2.46. The topological polar surface area (TPSA) is 127 Å². The van der Waals surface area contributed by atoms with Crippen LogP contribution >= 0.6 is 12.2 Å². The van der Waals surface area contributed by atoms with E-state index in [1.807, 2.05) is 0 Å². The summed E-state index contributed by atoms with van der Waals surface area (Å²) < 4.78 is 13.1. The Bertz CT molecular complexity index is 789. The Hall–Kier alpha value is -3.07. The van der Waals surface area contributed by atoms with Crippen LogP contribution in [0.4, 0.5) is 10.1 Å². The number of carbonyl (C=O) groups is 1. The molecule has 23 heavy (non-hydrogen) atoms. The lowest BCUT2D eigenvalue weighted by Gasteiger charge is -2.22. The van der Waals surface area contributed by atoms with Crippen molar-refractivity contribution in [1.82, 2.24) is 0 Å². The van der Waals surface area contributed by atoms with Gasteiger partial charge in [-0.1, -0.05) is 0 Å². The van der Waals surface area contributed by atoms with Crippen molar-refractivity contribution in [2.75, 3.05) is 4.90 Å². The Balaban J connectivity index is 2.54. The predicted molar refractivity (Wildman–Crippen MR) is 83.1 cm³/mol. The van der Waals surface area contributed by atoms with Crippen molar-refractivity contribution in [2.45, 2.75) is 0 Å². The summed E-state index contributed by atoms with van der Waals surface area (Å²) in [4.78, 5) is 13.2. The molecule has 120 valence electrons. The normalized spacial score (nSPS) is 10.3. The molecule has 0 spiro atoms. The van der Waals surface area contributed by atoms with Crippen LogP contribution in [-0.4, -0.2) is 31.4 Å². The third-order valence-corrected chi connectivity index (χ3v) is 3.10. The molecule has 0 radical (unpaired) electrons. The van der Waals surface area contributed by atoms with Gasteiger partial charge in [-0.3, -0.25) is 4.79 Å². The largest absolute Gasteiger partial charge is 0.506 e. The molecule has 0 bridgehead atoms. The van der Waals surface area contributed by atoms with Crippen LogP contribution in [0, 0.1) is 5.82 Å². The molecular weight excluding hydrogens is 327 g/mol. The minimum absolute atomic E-state index is 0.184. The van der Waals surface area contributed by atoms with Crippen molar-refractivity contribution in [1.29, 1.82) is 0 Å². The molecule has 2 aromatic rings. The molecule has 1 amide bonds. The number of thiocarbonyl (C=S) groups is 1. The highest BCUT2D eigenvalue weighted by Crippen LogP contribution is 2.36. The molecular formula is C14H11FN2O5S. The first-order chi connectivity index (χ1) is 10.7. The maximum atomic E-state index is 13.1. The van der Waals surface area contributed by atoms with Crippen molar-refractivity contribution in [3.05, 3.63) is 41.7 Å². The first-order valence-corrected chi connectivity index (χ1v) is 6.50. The van der Waals surface area contributed by atoms with E-state index in [1.54, 1.807) is 0 Å². The number of aromatic hydroxyl groups is 4. The number of benzene rings is 2. The fraction of sp³-hybridized carbons (Fsp3) is 0. The van der Waals surface area contributed by atoms with Gasteiger partial charge in [-0.2, -0.15) is 0 Å². The highest BCUT2D eigenvalue weighted by molar-refractivity contribution is 7.80. The third-order valence-electron chi connectivity index (χ3n) is 2.92. The highest BCUT2D eigenvalue weighted by atomic mass is 32.1. The van der Waals surface area contributed by atoms with Gasteiger partial charge < -0.3 is 26.2 Å². The van der Waals surface area contributed by atoms with Crippen LogP contribution in [0.5, 0.6) is 23.0 Å². The summed E-state index contributed by atoms with van der Waals surface area (Å²) in [6.45, 7) is 0. The van der Waals surface area contributed by atoms with Gasteiger partial charge >= 0.3 is 0 Å². The predicted octanol–water partition coefficient (Wildman–Crippen LogP) is 1.54. The Kier molecular flexibility index (Phi) is 4.23. The minimum atomic E-state index is -0.912. The molecule has 2 aromatic carbocycles. The molecule has 0 heterocycles. The maximum absolute atomic E-state index is 13.1. The number of phenolic OH excluding ortho intramolecular Hbond substituents is 4. The van der Waals surface area contributed by atoms with E-state index < -0.39 is 39.8 Å². The number of nitrogens with zero attached hydrogens (tertiary/aromatic N) is 1. The first kappa shape index (κ1) is 16.3. The van der Waals surface area contributed by atoms with Crippen molar-refractivity contribution >= 4 is 28.9 Å². The summed E-state index contributed by atoms with van der Waals surface area (Å²) in [7, 11) is 0. The number of nitrogens with two attached hydrogens (primary N) is 1. The van der Waals surface area contributed by atoms with Gasteiger partial charge in [-0.15, -0.1) is 0 Å². The Labute approximate surface area is 134 Å². The van der Waals surface area contributed by atoms with E-state index in [1.165, 1.54) is 0 Å². The molecule has 7 nitrogen and oxygen atoms in total. The number of hydrogen-bond donors (Lipinski definition) is 5. The zero-order valence-corrected chi connectivity index (χ0v) is 12.2. The van der Waals surface area contributed by atoms with Gasteiger partial charge in [0.15, 0.2) is 22.4 Å². The molecule has 6 N–H and O–H groups in total. The molecule has 0 aliphatic heterocycles. The first-order valence-electron chi connectivity index (χ1n) is 6.09. The number of hydrogen-bond acceptors (Lipinski definition) is 6. The number of anilines is 1. The van der Waals surface area contributed by atoms with Gasteiger partial charge in [-0.05, 0) is 36.5 Å². The van der Waals surface area contributed by atoms with Gasteiger partial charge in [0.1, 0.15) is 11.6 Å². The molecule has 0 unspecified atom stereocenters. The van der Waals surface area contributed by atoms with Crippen molar-refractivity contribution in [3.63, 3.8) is 0 Å². The molecule has 0 aliphatic rings. The molecule has 0 aliphatic carbocycles. The van der Waals surface area contributed by atoms with E-state index in [0.717, 1.165) is 30.3 Å². The smallest absolute Gasteiger partial charge is 0.265 e. The number of halogens is 1. The molecule has 0 aromatic heterocycles. The van der Waals surface area contributed by atoms with Crippen LogP contribution in [0.3, 0.4) is 0 Å². The molecule has 0 atom stereocenters. The van der Waals surface area contributed by atoms with E-state index in [-0.39, 0.29) is 11.3 Å². The Morgan fingerprint density at radius 1 is 1.04 bits per heavy atom. The van der Waals surface area contributed by atoms with E-state index in [9.17, 15) is 29.6 Å². The SMILES string of the molecule is NC(=S)N(C(=O)c1cc(O)c(O)c(O)c1)c1ccc(F)cc1O. The zero-order valence-electron chi connectivity index (χ0n) is 11.4. The quantitative estimate of drug-likeness (QED) is 0.415. The summed E-state index contributed by atoms with van der Waals surface area (Å²) in [6, 6.07) is 4.59. The van der Waals surface area contributed by atoms with Gasteiger partial charge in [0.25, 0.3) is 5.91 Å². The van der Waals surface area contributed by atoms with Gasteiger partial charge in [-0.25, -0.2) is 9.29 Å². The Morgan fingerprint density at radius 2 is 1.61 bits per heavy atom. The maximum Gasteiger partial charge on any atom is 0.265 e. The lowest BCUT2D eigenvalue weighted by Crippen LogP contribution is -2.40. The summed E-state index contributed by atoms with van der Waals surface area (Å²) in [5, 5.41) is 37.5. The summed E-state index contributed by atoms with van der Waals surface area (Å²) in [5.74, 6) is -4.50. The lowest BCUT2D eigenvalue weighted by molar-refractivity contribution is 0.100. The molecule has 2 rings (SSSR count). The number of phenols is 4. The van der Waals surface area contributed by atoms with Gasteiger partial charge in [0.05, 0.1) is 5.69 Å². The lowest BCUT2D eigenvalue weighted by atomic mass is 10.1. The zero-order chi connectivity index (χ0) is 17.3. The number of carbonyl (C=O) groups excluding carboxylic acids is 1. The second-order valence-electron chi connectivity index (χ2n) is 4.47. The van der Waals surface area contributed by atoms with Crippen LogP contribution in [0.2, 0.25) is 0 Å². The summed E-state index contributed by atoms with van der Waals surface area (Å²) in [6.07, 6.45) is 0. The van der Waals surface area contributed by atoms with Crippen molar-refractivity contribution in [2.24, 2.45) is 5.73 Å². The van der Waals surface area contributed by atoms with Gasteiger partial charge in [0.2, 0.25) is 0 Å². The second kappa shape index (κ2) is 5.97. The van der Waals surface area contributed by atoms with Crippen LogP contribution in [0.1, 0.15) is 10.4 Å². The fourth-order valence-corrected chi connectivity index (χ4v) is 2.05. The van der Waals surface area contributed by atoms with E-state index in [2.05, 4.69) is 0 Å². The summed E-state index contributed by atoms with van der Waals surface area (Å²) in [5.41, 5.74) is 5.02. The number of amides is 1. The highest BCUT2D eigenvalue weighted by Gasteiger charge is 2.25. The van der Waals surface area contributed by atoms with Crippen molar-refractivity contribution < 1.29 is 29.6 Å². The average molecular weight is 338 g/mol. The standard InChI is InChI=1S/C14H11FN2O5S/c15-7-1-2-8(9(18)5-7)17(14(16)23)13(22)6-3-10(19)12(21)11(20)4-6/h1-5,18-21H,(H2,16,23). The van der Waals surface area contributed by atoms with E-state index in [4.69, 9.17) is 18.0 Å². The fourth-order valence-electron chi connectivity index (χ4n) is 1.87. The summed E-state index contributed by atoms with van der Waals surface area (Å²) >= 11 is 4.76. The van der Waals surface area contributed by atoms with E-state index in [0.29, 0.717) is 4.90 Å². The van der Waals surface area contributed by atoms with Crippen LogP contribution in [0.25, 0.3) is 0 Å². The molecule has 9 heteroatoms.